The fraction of sp³-hybridized carbons (Fsp3) is 0.500. The fourth-order valence-electron chi connectivity index (χ4n) is 2.95. The summed E-state index contributed by atoms with van der Waals surface area (Å²) < 4.78 is 19.1. The van der Waals surface area contributed by atoms with Gasteiger partial charge in [0, 0.05) is 20.1 Å². The summed E-state index contributed by atoms with van der Waals surface area (Å²) in [5.41, 5.74) is 0.0456. The summed E-state index contributed by atoms with van der Waals surface area (Å²) in [4.78, 5) is 38.8. The van der Waals surface area contributed by atoms with Crippen LogP contribution in [0.4, 0.5) is 4.39 Å². The number of hydrogen-bond donors (Lipinski definition) is 1. The Kier molecular flexibility index (Phi) is 6.54. The van der Waals surface area contributed by atoms with E-state index in [1.165, 1.54) is 35.0 Å². The molecule has 1 unspecified atom stereocenters. The largest absolute Gasteiger partial charge is 0.490 e. The highest BCUT2D eigenvalue weighted by Gasteiger charge is 2.29. The zero-order valence-electron chi connectivity index (χ0n) is 14.9. The first kappa shape index (κ1) is 19.7. The van der Waals surface area contributed by atoms with Crippen molar-refractivity contribution >= 4 is 17.8 Å². The van der Waals surface area contributed by atoms with Gasteiger partial charge in [-0.1, -0.05) is 6.07 Å². The molecule has 1 aromatic carbocycles. The molecule has 0 spiro atoms. The molecule has 0 aromatic heterocycles. The van der Waals surface area contributed by atoms with Crippen LogP contribution in [0.5, 0.6) is 5.75 Å². The second-order valence-corrected chi connectivity index (χ2v) is 6.23. The minimum atomic E-state index is -0.923. The minimum Gasteiger partial charge on any atom is -0.490 e. The second-order valence-electron chi connectivity index (χ2n) is 6.23. The van der Waals surface area contributed by atoms with Gasteiger partial charge in [-0.15, -0.1) is 0 Å². The van der Waals surface area contributed by atoms with E-state index < -0.39 is 23.6 Å². The Balaban J connectivity index is 2.06. The Morgan fingerprint density at radius 3 is 2.77 bits per heavy atom. The molecule has 1 aromatic rings. The maximum atomic E-state index is 13.9. The van der Waals surface area contributed by atoms with E-state index in [1.54, 1.807) is 6.92 Å². The molecular formula is C18H23FN2O5. The lowest BCUT2D eigenvalue weighted by molar-refractivity contribution is -0.145. The third kappa shape index (κ3) is 4.50. The van der Waals surface area contributed by atoms with Crippen LogP contribution in [0.25, 0.3) is 0 Å². The van der Waals surface area contributed by atoms with Gasteiger partial charge in [0.25, 0.3) is 5.91 Å². The smallest absolute Gasteiger partial charge is 0.308 e. The van der Waals surface area contributed by atoms with E-state index in [2.05, 4.69) is 0 Å². The summed E-state index contributed by atoms with van der Waals surface area (Å²) in [6.45, 7) is 2.28. The lowest BCUT2D eigenvalue weighted by atomic mass is 9.98. The first-order chi connectivity index (χ1) is 12.3. The Bertz CT molecular complexity index is 694. The van der Waals surface area contributed by atoms with E-state index in [0.29, 0.717) is 19.4 Å². The SMILES string of the molecule is CCOc1c(F)cccc1C(=O)N(C)CC(=O)N1CCCC(C(=O)O)C1. The molecule has 1 heterocycles. The number of halogens is 1. The number of para-hydroxylation sites is 1. The normalized spacial score (nSPS) is 16.9. The number of carboxylic acid groups (broad SMARTS) is 1. The summed E-state index contributed by atoms with van der Waals surface area (Å²) >= 11 is 0. The molecule has 1 aliphatic heterocycles. The molecule has 0 aliphatic carbocycles. The first-order valence-corrected chi connectivity index (χ1v) is 8.52. The standard InChI is InChI=1S/C18H23FN2O5/c1-3-26-16-13(7-4-8-14(16)19)17(23)20(2)11-15(22)21-9-5-6-12(10-21)18(24)25/h4,7-8,12H,3,5-6,9-11H2,1-2H3,(H,24,25). The van der Waals surface area contributed by atoms with Crippen LogP contribution in [0, 0.1) is 11.7 Å². The van der Waals surface area contributed by atoms with Crippen molar-refractivity contribution in [3.8, 4) is 5.75 Å². The average molecular weight is 366 g/mol. The van der Waals surface area contributed by atoms with Crippen molar-refractivity contribution in [3.05, 3.63) is 29.6 Å². The van der Waals surface area contributed by atoms with Crippen LogP contribution in [0.1, 0.15) is 30.1 Å². The number of hydrogen-bond acceptors (Lipinski definition) is 4. The summed E-state index contributed by atoms with van der Waals surface area (Å²) in [6.07, 6.45) is 1.15. The number of carbonyl (C=O) groups is 3. The molecule has 0 radical (unpaired) electrons. The van der Waals surface area contributed by atoms with Crippen LogP contribution < -0.4 is 4.74 Å². The van der Waals surface area contributed by atoms with Gasteiger partial charge >= 0.3 is 5.97 Å². The van der Waals surface area contributed by atoms with E-state index in [9.17, 15) is 18.8 Å². The van der Waals surface area contributed by atoms with Crippen molar-refractivity contribution in [1.29, 1.82) is 0 Å². The minimum absolute atomic E-state index is 0.0456. The van der Waals surface area contributed by atoms with Crippen molar-refractivity contribution in [2.75, 3.05) is 33.3 Å². The molecule has 0 bridgehead atoms. The van der Waals surface area contributed by atoms with Gasteiger partial charge in [-0.3, -0.25) is 14.4 Å². The number of likely N-dealkylation sites (N-methyl/N-ethyl adjacent to an activating group) is 1. The molecule has 1 N–H and O–H groups in total. The lowest BCUT2D eigenvalue weighted by Gasteiger charge is -2.32. The zero-order chi connectivity index (χ0) is 19.3. The number of amides is 2. The summed E-state index contributed by atoms with van der Waals surface area (Å²) in [5.74, 6) is -3.15. The second kappa shape index (κ2) is 8.64. The van der Waals surface area contributed by atoms with E-state index in [4.69, 9.17) is 9.84 Å². The van der Waals surface area contributed by atoms with Crippen LogP contribution in [0.15, 0.2) is 18.2 Å². The monoisotopic (exact) mass is 366 g/mol. The van der Waals surface area contributed by atoms with Gasteiger partial charge in [0.2, 0.25) is 5.91 Å². The van der Waals surface area contributed by atoms with Gasteiger partial charge in [-0.2, -0.15) is 0 Å². The Morgan fingerprint density at radius 2 is 2.12 bits per heavy atom. The van der Waals surface area contributed by atoms with E-state index in [1.807, 2.05) is 0 Å². The number of rotatable bonds is 6. The number of ether oxygens (including phenoxy) is 1. The van der Waals surface area contributed by atoms with Crippen LogP contribution >= 0.6 is 0 Å². The molecule has 0 saturated carbocycles. The highest BCUT2D eigenvalue weighted by molar-refractivity contribution is 5.98. The quantitative estimate of drug-likeness (QED) is 0.827. The van der Waals surface area contributed by atoms with Crippen molar-refractivity contribution in [2.45, 2.75) is 19.8 Å². The molecule has 1 aliphatic rings. The summed E-state index contributed by atoms with van der Waals surface area (Å²) in [7, 11) is 1.44. The number of nitrogens with zero attached hydrogens (tertiary/aromatic N) is 2. The van der Waals surface area contributed by atoms with Gasteiger partial charge in [0.15, 0.2) is 11.6 Å². The van der Waals surface area contributed by atoms with E-state index >= 15 is 0 Å². The molecular weight excluding hydrogens is 343 g/mol. The predicted octanol–water partition coefficient (Wildman–Crippen LogP) is 1.62. The molecule has 2 amide bonds. The molecule has 7 nitrogen and oxygen atoms in total. The summed E-state index contributed by atoms with van der Waals surface area (Å²) in [5, 5.41) is 9.11. The van der Waals surface area contributed by atoms with Gasteiger partial charge in [0.1, 0.15) is 0 Å². The van der Waals surface area contributed by atoms with Gasteiger partial charge < -0.3 is 19.6 Å². The Labute approximate surface area is 151 Å². The summed E-state index contributed by atoms with van der Waals surface area (Å²) in [6, 6.07) is 4.05. The predicted molar refractivity (Wildman–Crippen MR) is 91.5 cm³/mol. The van der Waals surface area contributed by atoms with E-state index in [0.717, 1.165) is 0 Å². The van der Waals surface area contributed by atoms with Gasteiger partial charge in [0.05, 0.1) is 24.6 Å². The first-order valence-electron chi connectivity index (χ1n) is 8.52. The third-order valence-corrected chi connectivity index (χ3v) is 4.33. The van der Waals surface area contributed by atoms with E-state index in [-0.39, 0.29) is 36.9 Å². The number of likely N-dealkylation sites (tertiary alicyclic amines) is 1. The maximum absolute atomic E-state index is 13.9. The van der Waals surface area contributed by atoms with Crippen molar-refractivity contribution in [3.63, 3.8) is 0 Å². The van der Waals surface area contributed by atoms with Crippen LogP contribution in [-0.2, 0) is 9.59 Å². The van der Waals surface area contributed by atoms with Crippen molar-refractivity contribution < 1.29 is 28.6 Å². The molecule has 1 fully saturated rings. The van der Waals surface area contributed by atoms with Crippen LogP contribution in [-0.4, -0.2) is 66.0 Å². The molecule has 8 heteroatoms. The average Bonchev–Trinajstić information content (AvgIpc) is 2.62. The lowest BCUT2D eigenvalue weighted by Crippen LogP contribution is -2.47. The molecule has 142 valence electrons. The molecule has 2 rings (SSSR count). The Hall–Kier alpha value is -2.64. The highest BCUT2D eigenvalue weighted by Crippen LogP contribution is 2.24. The van der Waals surface area contributed by atoms with Gasteiger partial charge in [-0.05, 0) is 31.9 Å². The maximum Gasteiger partial charge on any atom is 0.308 e. The van der Waals surface area contributed by atoms with Crippen LogP contribution in [0.3, 0.4) is 0 Å². The number of carboxylic acids is 1. The molecule has 26 heavy (non-hydrogen) atoms. The van der Waals surface area contributed by atoms with Crippen molar-refractivity contribution in [1.82, 2.24) is 9.80 Å². The topological polar surface area (TPSA) is 87.2 Å². The zero-order valence-corrected chi connectivity index (χ0v) is 14.9. The number of benzene rings is 1. The van der Waals surface area contributed by atoms with Crippen molar-refractivity contribution in [2.24, 2.45) is 5.92 Å². The molecule has 1 saturated heterocycles. The fourth-order valence-corrected chi connectivity index (χ4v) is 2.95. The van der Waals surface area contributed by atoms with Crippen LogP contribution in [0.2, 0.25) is 0 Å². The third-order valence-electron chi connectivity index (χ3n) is 4.33. The number of carbonyl (C=O) groups excluding carboxylic acids is 2. The highest BCUT2D eigenvalue weighted by atomic mass is 19.1. The Morgan fingerprint density at radius 1 is 1.38 bits per heavy atom. The number of aliphatic carboxylic acids is 1. The molecule has 1 atom stereocenters. The van der Waals surface area contributed by atoms with Gasteiger partial charge in [-0.25, -0.2) is 4.39 Å². The number of piperidine rings is 1.